The Kier molecular flexibility index (Phi) is 9.00. The monoisotopic (exact) mass is 503 g/mol. The van der Waals surface area contributed by atoms with Crippen molar-refractivity contribution in [3.8, 4) is 28.7 Å². The molecular weight excluding hydrogens is 477 g/mol. The zero-order chi connectivity index (χ0) is 24.6. The first-order valence-electron chi connectivity index (χ1n) is 9.24. The molecule has 0 heterocycles. The largest absolute Gasteiger partial charge is 0.529 e. The summed E-state index contributed by atoms with van der Waals surface area (Å²) in [6.45, 7) is 0. The normalized spacial score (nSPS) is 11.8. The number of ether oxygens (including phenoxy) is 4. The van der Waals surface area contributed by atoms with Crippen LogP contribution in [0.5, 0.6) is 28.7 Å². The maximum absolute atomic E-state index is 12.7. The van der Waals surface area contributed by atoms with Gasteiger partial charge in [0.1, 0.15) is 17.2 Å². The maximum atomic E-state index is 12.7. The van der Waals surface area contributed by atoms with Crippen LogP contribution < -0.4 is 28.2 Å². The van der Waals surface area contributed by atoms with Gasteiger partial charge in [0.05, 0.1) is 45.1 Å². The van der Waals surface area contributed by atoms with Crippen molar-refractivity contribution in [1.29, 1.82) is 0 Å². The van der Waals surface area contributed by atoms with Gasteiger partial charge in [-0.05, 0) is 18.2 Å². The lowest BCUT2D eigenvalue weighted by Crippen LogP contribution is -2.09. The van der Waals surface area contributed by atoms with Gasteiger partial charge in [-0.3, -0.25) is 13.8 Å². The van der Waals surface area contributed by atoms with Crippen molar-refractivity contribution in [3.05, 3.63) is 41.3 Å². The summed E-state index contributed by atoms with van der Waals surface area (Å²) in [4.78, 5) is 0. The lowest BCUT2D eigenvalue weighted by molar-refractivity contribution is 0.208. The first-order valence-corrected chi connectivity index (χ1v) is 12.2. The second-order valence-corrected chi connectivity index (χ2v) is 9.54. The number of hydrogen-bond acceptors (Lipinski definition) is 10. The molecule has 0 saturated carbocycles. The molecule has 182 valence electrons. The van der Waals surface area contributed by atoms with Gasteiger partial charge in [-0.1, -0.05) is 0 Å². The molecule has 0 aliphatic rings. The van der Waals surface area contributed by atoms with E-state index >= 15 is 0 Å². The predicted octanol–water partition coefficient (Wildman–Crippen LogP) is 3.91. The highest BCUT2D eigenvalue weighted by atomic mass is 32.2. The van der Waals surface area contributed by atoms with E-state index in [9.17, 15) is 13.0 Å². The first kappa shape index (κ1) is 26.3. The molecule has 11 nitrogen and oxygen atoms in total. The van der Waals surface area contributed by atoms with Crippen LogP contribution in [-0.4, -0.2) is 51.1 Å². The molecular formula is C20H26NO10PS. The Hall–Kier alpha value is -2.92. The number of rotatable bonds is 12. The van der Waals surface area contributed by atoms with E-state index in [4.69, 9.17) is 32.5 Å². The summed E-state index contributed by atoms with van der Waals surface area (Å²) < 4.78 is 75.8. The zero-order valence-corrected chi connectivity index (χ0v) is 20.7. The standard InChI is InChI=1S/C20H26NO10PS/c1-25-15-12-18(27-3)16(19(13-15)28-4)9-10-33(23,24)21-14-7-8-17(26-2)20(11-14)31-32(22,29-5)30-6/h7-13,21H,1-6H3. The molecule has 0 fully saturated rings. The SMILES string of the molecule is COc1cc(OC)c(C=CS(=O)(=O)Nc2ccc(OC)c(OP(=O)(OC)OC)c2)c(OC)c1. The fourth-order valence-corrected chi connectivity index (χ4v) is 4.15. The molecule has 33 heavy (non-hydrogen) atoms. The van der Waals surface area contributed by atoms with E-state index in [1.807, 2.05) is 0 Å². The predicted molar refractivity (Wildman–Crippen MR) is 123 cm³/mol. The van der Waals surface area contributed by atoms with Crippen LogP contribution in [0.4, 0.5) is 5.69 Å². The molecule has 0 amide bonds. The third kappa shape index (κ3) is 6.78. The van der Waals surface area contributed by atoms with Crippen LogP contribution >= 0.6 is 7.82 Å². The molecule has 0 bridgehead atoms. The lowest BCUT2D eigenvalue weighted by Gasteiger charge is -2.17. The Morgan fingerprint density at radius 3 is 1.85 bits per heavy atom. The van der Waals surface area contributed by atoms with Gasteiger partial charge in [-0.2, -0.15) is 0 Å². The molecule has 0 atom stereocenters. The van der Waals surface area contributed by atoms with Gasteiger partial charge < -0.3 is 23.5 Å². The first-order chi connectivity index (χ1) is 15.6. The fraction of sp³-hybridized carbons (Fsp3) is 0.300. The molecule has 2 aromatic rings. The van der Waals surface area contributed by atoms with E-state index in [1.54, 1.807) is 12.1 Å². The number of methoxy groups -OCH3 is 4. The molecule has 0 aliphatic carbocycles. The van der Waals surface area contributed by atoms with E-state index in [1.165, 1.54) is 52.7 Å². The Bertz CT molecular complexity index is 1120. The topological polar surface area (TPSA) is 128 Å². The van der Waals surface area contributed by atoms with E-state index < -0.39 is 17.8 Å². The summed E-state index contributed by atoms with van der Waals surface area (Å²) in [7, 11) is 0.145. The summed E-state index contributed by atoms with van der Waals surface area (Å²) in [6, 6.07) is 7.35. The maximum Gasteiger partial charge on any atom is 0.529 e. The number of phosphoric acid groups is 1. The van der Waals surface area contributed by atoms with Gasteiger partial charge >= 0.3 is 7.82 Å². The zero-order valence-electron chi connectivity index (χ0n) is 19.0. The lowest BCUT2D eigenvalue weighted by atomic mass is 10.1. The molecule has 13 heteroatoms. The van der Waals surface area contributed by atoms with Gasteiger partial charge in [-0.15, -0.1) is 0 Å². The number of nitrogens with one attached hydrogen (secondary N) is 1. The van der Waals surface area contributed by atoms with E-state index in [2.05, 4.69) is 4.72 Å². The highest BCUT2D eigenvalue weighted by molar-refractivity contribution is 7.95. The van der Waals surface area contributed by atoms with Crippen molar-refractivity contribution in [1.82, 2.24) is 0 Å². The van der Waals surface area contributed by atoms with Crippen LogP contribution in [0.1, 0.15) is 5.56 Å². The van der Waals surface area contributed by atoms with Crippen molar-refractivity contribution in [2.24, 2.45) is 0 Å². The minimum atomic E-state index is -3.99. The molecule has 0 spiro atoms. The Morgan fingerprint density at radius 2 is 1.36 bits per heavy atom. The van der Waals surface area contributed by atoms with E-state index in [0.29, 0.717) is 22.8 Å². The van der Waals surface area contributed by atoms with Crippen LogP contribution in [0.15, 0.2) is 35.7 Å². The molecule has 0 aliphatic heterocycles. The van der Waals surface area contributed by atoms with E-state index in [0.717, 1.165) is 19.6 Å². The number of phosphoric ester groups is 1. The van der Waals surface area contributed by atoms with Crippen molar-refractivity contribution < 1.29 is 45.5 Å². The molecule has 0 unspecified atom stereocenters. The number of anilines is 1. The van der Waals surface area contributed by atoms with Crippen molar-refractivity contribution in [2.75, 3.05) is 47.4 Å². The minimum Gasteiger partial charge on any atom is -0.496 e. The summed E-state index contributed by atoms with van der Waals surface area (Å²) in [5, 5.41) is 0.944. The van der Waals surface area contributed by atoms with Crippen LogP contribution in [0.3, 0.4) is 0 Å². The highest BCUT2D eigenvalue weighted by Crippen LogP contribution is 2.50. The van der Waals surface area contributed by atoms with Crippen LogP contribution in [0.25, 0.3) is 6.08 Å². The second kappa shape index (κ2) is 11.3. The summed E-state index contributed by atoms with van der Waals surface area (Å²) in [6.07, 6.45) is 1.32. The smallest absolute Gasteiger partial charge is 0.496 e. The molecule has 2 aromatic carbocycles. The third-order valence-corrected chi connectivity index (χ3v) is 6.58. The molecule has 0 saturated heterocycles. The highest BCUT2D eigenvalue weighted by Gasteiger charge is 2.27. The Morgan fingerprint density at radius 1 is 0.788 bits per heavy atom. The average molecular weight is 503 g/mol. The average Bonchev–Trinajstić information content (AvgIpc) is 2.81. The summed E-state index contributed by atoms with van der Waals surface area (Å²) in [5.74, 6) is 1.33. The number of benzene rings is 2. The molecule has 0 aromatic heterocycles. The summed E-state index contributed by atoms with van der Waals surface area (Å²) >= 11 is 0. The van der Waals surface area contributed by atoms with Crippen molar-refractivity contribution in [2.45, 2.75) is 0 Å². The van der Waals surface area contributed by atoms with Crippen LogP contribution in [0, 0.1) is 0 Å². The molecule has 0 radical (unpaired) electrons. The number of hydrogen-bond donors (Lipinski definition) is 1. The van der Waals surface area contributed by atoms with E-state index in [-0.39, 0.29) is 17.2 Å². The summed E-state index contributed by atoms with van der Waals surface area (Å²) in [5.41, 5.74) is 0.508. The van der Waals surface area contributed by atoms with Gasteiger partial charge in [0.15, 0.2) is 11.5 Å². The van der Waals surface area contributed by atoms with Gasteiger partial charge in [-0.25, -0.2) is 13.0 Å². The van der Waals surface area contributed by atoms with Gasteiger partial charge in [0, 0.05) is 32.4 Å². The Labute approximate surface area is 192 Å². The van der Waals surface area contributed by atoms with Crippen molar-refractivity contribution in [3.63, 3.8) is 0 Å². The number of sulfonamides is 1. The third-order valence-electron chi connectivity index (χ3n) is 4.25. The van der Waals surface area contributed by atoms with Gasteiger partial charge in [0.25, 0.3) is 10.0 Å². The van der Waals surface area contributed by atoms with Crippen LogP contribution in [-0.2, 0) is 23.6 Å². The molecule has 2 rings (SSSR count). The second-order valence-electron chi connectivity index (χ2n) is 6.16. The van der Waals surface area contributed by atoms with Gasteiger partial charge in [0.2, 0.25) is 0 Å². The fourth-order valence-electron chi connectivity index (χ4n) is 2.63. The van der Waals surface area contributed by atoms with Crippen LogP contribution in [0.2, 0.25) is 0 Å². The van der Waals surface area contributed by atoms with Crippen molar-refractivity contribution >= 4 is 29.6 Å². The Balaban J connectivity index is 2.36. The molecule has 1 N–H and O–H groups in total. The quantitative estimate of drug-likeness (QED) is 0.426. The minimum absolute atomic E-state index is 0.0489.